The minimum Gasteiger partial charge on any atom is -0.223 e. The van der Waals surface area contributed by atoms with Crippen molar-refractivity contribution in [3.05, 3.63) is 28.8 Å². The highest BCUT2D eigenvalue weighted by Gasteiger charge is 2.22. The highest BCUT2D eigenvalue weighted by Crippen LogP contribution is 2.29. The second-order valence-electron chi connectivity index (χ2n) is 5.61. The van der Waals surface area contributed by atoms with Crippen molar-refractivity contribution in [2.75, 3.05) is 5.75 Å². The number of sulfone groups is 1. The first-order chi connectivity index (χ1) is 8.09. The number of nitrogens with zero attached hydrogens (tertiary/aromatic N) is 1. The van der Waals surface area contributed by atoms with Crippen molar-refractivity contribution in [3.63, 3.8) is 0 Å². The van der Waals surface area contributed by atoms with E-state index in [-0.39, 0.29) is 5.41 Å². The van der Waals surface area contributed by atoms with Crippen LogP contribution in [0.3, 0.4) is 0 Å². The Balaban J connectivity index is 3.49. The van der Waals surface area contributed by atoms with Crippen LogP contribution in [0, 0.1) is 25.2 Å². The van der Waals surface area contributed by atoms with Crippen LogP contribution in [-0.4, -0.2) is 14.2 Å². The van der Waals surface area contributed by atoms with E-state index >= 15 is 0 Å². The van der Waals surface area contributed by atoms with E-state index < -0.39 is 15.6 Å². The van der Waals surface area contributed by atoms with E-state index in [9.17, 15) is 8.42 Å². The Morgan fingerprint density at radius 2 is 1.61 bits per heavy atom. The Labute approximate surface area is 109 Å². The second kappa shape index (κ2) is 4.74. The largest absolute Gasteiger partial charge is 0.223 e. The molecule has 0 fully saturated rings. The number of benzene rings is 1. The lowest BCUT2D eigenvalue weighted by atomic mass is 9.85. The maximum atomic E-state index is 12.0. The van der Waals surface area contributed by atoms with Gasteiger partial charge in [0.25, 0.3) is 0 Å². The van der Waals surface area contributed by atoms with Gasteiger partial charge in [0.2, 0.25) is 0 Å². The molecule has 0 heterocycles. The number of aryl methyl sites for hydroxylation is 2. The molecular formula is C14H19NO2S. The summed E-state index contributed by atoms with van der Waals surface area (Å²) < 4.78 is 24.0. The van der Waals surface area contributed by atoms with Gasteiger partial charge in [-0.1, -0.05) is 32.9 Å². The third kappa shape index (κ3) is 2.91. The summed E-state index contributed by atoms with van der Waals surface area (Å²) >= 11 is 0. The average molecular weight is 265 g/mol. The Bertz CT molecular complexity index is 579. The van der Waals surface area contributed by atoms with Crippen LogP contribution < -0.4 is 0 Å². The Morgan fingerprint density at radius 1 is 1.17 bits per heavy atom. The van der Waals surface area contributed by atoms with Crippen molar-refractivity contribution in [3.8, 4) is 6.07 Å². The summed E-state index contributed by atoms with van der Waals surface area (Å²) in [5, 5.41) is 8.60. The van der Waals surface area contributed by atoms with Gasteiger partial charge >= 0.3 is 0 Å². The SMILES string of the molecule is Cc1cc(C(C)(C)C)cc(C)c1S(=O)(=O)CC#N. The van der Waals surface area contributed by atoms with Crippen LogP contribution in [-0.2, 0) is 15.3 Å². The van der Waals surface area contributed by atoms with Crippen LogP contribution in [0.4, 0.5) is 0 Å². The van der Waals surface area contributed by atoms with Gasteiger partial charge in [0.05, 0.1) is 11.0 Å². The zero-order valence-electron chi connectivity index (χ0n) is 11.5. The van der Waals surface area contributed by atoms with Gasteiger partial charge < -0.3 is 0 Å². The van der Waals surface area contributed by atoms with Crippen LogP contribution >= 0.6 is 0 Å². The smallest absolute Gasteiger partial charge is 0.192 e. The zero-order chi connectivity index (χ0) is 14.1. The Morgan fingerprint density at radius 3 is 1.94 bits per heavy atom. The summed E-state index contributed by atoms with van der Waals surface area (Å²) in [4.78, 5) is 0.303. The molecule has 0 saturated carbocycles. The topological polar surface area (TPSA) is 57.9 Å². The van der Waals surface area contributed by atoms with Gasteiger partial charge in [-0.2, -0.15) is 5.26 Å². The summed E-state index contributed by atoms with van der Waals surface area (Å²) in [6.45, 7) is 9.83. The highest BCUT2D eigenvalue weighted by atomic mass is 32.2. The second-order valence-corrected chi connectivity index (χ2v) is 7.53. The lowest BCUT2D eigenvalue weighted by molar-refractivity contribution is 0.584. The van der Waals surface area contributed by atoms with Crippen LogP contribution in [0.2, 0.25) is 0 Å². The van der Waals surface area contributed by atoms with Gasteiger partial charge in [-0.15, -0.1) is 0 Å². The van der Waals surface area contributed by atoms with E-state index in [0.29, 0.717) is 4.90 Å². The fraction of sp³-hybridized carbons (Fsp3) is 0.500. The molecule has 1 aromatic rings. The van der Waals surface area contributed by atoms with Crippen LogP contribution in [0.25, 0.3) is 0 Å². The molecule has 4 heteroatoms. The molecule has 0 aliphatic heterocycles. The molecule has 3 nitrogen and oxygen atoms in total. The van der Waals surface area contributed by atoms with Crippen molar-refractivity contribution < 1.29 is 8.42 Å². The van der Waals surface area contributed by atoms with E-state index in [1.807, 2.05) is 12.1 Å². The lowest BCUT2D eigenvalue weighted by Crippen LogP contribution is -2.15. The molecule has 0 unspecified atom stereocenters. The Kier molecular flexibility index (Phi) is 3.87. The van der Waals surface area contributed by atoms with Crippen molar-refractivity contribution in [2.24, 2.45) is 0 Å². The fourth-order valence-corrected chi connectivity index (χ4v) is 3.44. The summed E-state index contributed by atoms with van der Waals surface area (Å²) in [6.07, 6.45) is 0. The third-order valence-electron chi connectivity index (χ3n) is 2.89. The molecule has 18 heavy (non-hydrogen) atoms. The van der Waals surface area contributed by atoms with Crippen molar-refractivity contribution in [1.82, 2.24) is 0 Å². The highest BCUT2D eigenvalue weighted by molar-refractivity contribution is 7.91. The molecule has 0 aliphatic carbocycles. The predicted octanol–water partition coefficient (Wildman–Crippen LogP) is 2.90. The molecule has 1 rings (SSSR count). The molecule has 0 N–H and O–H groups in total. The lowest BCUT2D eigenvalue weighted by Gasteiger charge is -2.22. The quantitative estimate of drug-likeness (QED) is 0.826. The Hall–Kier alpha value is -1.34. The van der Waals surface area contributed by atoms with Gasteiger partial charge in [0, 0.05) is 0 Å². The van der Waals surface area contributed by atoms with E-state index in [4.69, 9.17) is 5.26 Å². The molecule has 0 bridgehead atoms. The van der Waals surface area contributed by atoms with Gasteiger partial charge in [0.1, 0.15) is 5.75 Å². The summed E-state index contributed by atoms with van der Waals surface area (Å²) in [7, 11) is -3.50. The maximum absolute atomic E-state index is 12.0. The monoisotopic (exact) mass is 265 g/mol. The van der Waals surface area contributed by atoms with E-state index in [1.54, 1.807) is 19.9 Å². The molecule has 0 saturated heterocycles. The third-order valence-corrected chi connectivity index (χ3v) is 4.67. The minimum absolute atomic E-state index is 0.0208. The van der Waals surface area contributed by atoms with E-state index in [1.165, 1.54) is 0 Å². The van der Waals surface area contributed by atoms with Gasteiger partial charge in [-0.25, -0.2) is 8.42 Å². The summed E-state index contributed by atoms with van der Waals surface area (Å²) in [5.41, 5.74) is 2.52. The number of hydrogen-bond acceptors (Lipinski definition) is 3. The van der Waals surface area contributed by atoms with Gasteiger partial charge in [-0.3, -0.25) is 0 Å². The van der Waals surface area contributed by atoms with E-state index in [2.05, 4.69) is 20.8 Å². The number of hydrogen-bond donors (Lipinski definition) is 0. The predicted molar refractivity (Wildman–Crippen MR) is 72.3 cm³/mol. The normalized spacial score (nSPS) is 12.2. The standard InChI is InChI=1S/C14H19NO2S/c1-10-8-12(14(3,4)5)9-11(2)13(10)18(16,17)7-6-15/h8-9H,7H2,1-5H3. The molecule has 0 aromatic heterocycles. The number of nitriles is 1. The first-order valence-electron chi connectivity index (χ1n) is 5.81. The molecule has 0 atom stereocenters. The van der Waals surface area contributed by atoms with Crippen molar-refractivity contribution >= 4 is 9.84 Å². The summed E-state index contributed by atoms with van der Waals surface area (Å²) in [6, 6.07) is 5.52. The fourth-order valence-electron chi connectivity index (χ4n) is 2.03. The van der Waals surface area contributed by atoms with Crippen molar-refractivity contribution in [2.45, 2.75) is 44.9 Å². The first-order valence-corrected chi connectivity index (χ1v) is 7.46. The zero-order valence-corrected chi connectivity index (χ0v) is 12.4. The minimum atomic E-state index is -3.50. The van der Waals surface area contributed by atoms with Crippen LogP contribution in [0.15, 0.2) is 17.0 Å². The van der Waals surface area contributed by atoms with Gasteiger partial charge in [0.15, 0.2) is 9.84 Å². The maximum Gasteiger partial charge on any atom is 0.192 e. The van der Waals surface area contributed by atoms with Crippen LogP contribution in [0.1, 0.15) is 37.5 Å². The molecule has 98 valence electrons. The van der Waals surface area contributed by atoms with Crippen molar-refractivity contribution in [1.29, 1.82) is 5.26 Å². The first kappa shape index (κ1) is 14.7. The van der Waals surface area contributed by atoms with E-state index in [0.717, 1.165) is 16.7 Å². The number of rotatable bonds is 2. The average Bonchev–Trinajstić information content (AvgIpc) is 2.13. The molecule has 0 aliphatic rings. The molecule has 0 amide bonds. The molecule has 0 spiro atoms. The molecule has 0 radical (unpaired) electrons. The summed E-state index contributed by atoms with van der Waals surface area (Å²) in [5.74, 6) is -0.469. The molecular weight excluding hydrogens is 246 g/mol. The van der Waals surface area contributed by atoms with Gasteiger partial charge in [-0.05, 0) is 36.0 Å². The van der Waals surface area contributed by atoms with Crippen LogP contribution in [0.5, 0.6) is 0 Å². The molecule has 1 aromatic carbocycles.